The Kier molecular flexibility index (Phi) is 4.21. The van der Waals surface area contributed by atoms with Gasteiger partial charge in [-0.1, -0.05) is 19.9 Å². The molecule has 0 atom stereocenters. The van der Waals surface area contributed by atoms with E-state index in [2.05, 4.69) is 29.1 Å². The summed E-state index contributed by atoms with van der Waals surface area (Å²) in [5.41, 5.74) is 2.85. The van der Waals surface area contributed by atoms with E-state index in [1.165, 1.54) is 6.08 Å². The highest BCUT2D eigenvalue weighted by molar-refractivity contribution is 6.38. The molecule has 5 nitrogen and oxygen atoms in total. The monoisotopic (exact) mass is 309 g/mol. The van der Waals surface area contributed by atoms with Gasteiger partial charge in [-0.2, -0.15) is 0 Å². The number of nitrogens with zero attached hydrogens (tertiary/aromatic N) is 1. The second-order valence-electron chi connectivity index (χ2n) is 5.92. The smallest absolute Gasteiger partial charge is 0.203 e. The normalized spacial score (nSPS) is 14.1. The zero-order chi connectivity index (χ0) is 16.4. The molecule has 0 unspecified atom stereocenters. The molecule has 23 heavy (non-hydrogen) atoms. The molecule has 0 saturated carbocycles. The summed E-state index contributed by atoms with van der Waals surface area (Å²) in [6, 6.07) is 3.93. The number of carbonyl (C=O) groups excluding carboxylic acids is 2. The Morgan fingerprint density at radius 3 is 2.83 bits per heavy atom. The summed E-state index contributed by atoms with van der Waals surface area (Å²) in [5.74, 6) is -0.282. The molecule has 0 amide bonds. The van der Waals surface area contributed by atoms with Crippen LogP contribution in [0, 0.1) is 0 Å². The Labute approximate surface area is 134 Å². The minimum atomic E-state index is -0.165. The molecule has 3 rings (SSSR count). The first-order valence-corrected chi connectivity index (χ1v) is 7.72. The summed E-state index contributed by atoms with van der Waals surface area (Å²) >= 11 is 0. The summed E-state index contributed by atoms with van der Waals surface area (Å²) < 4.78 is 0. The van der Waals surface area contributed by atoms with E-state index in [0.717, 1.165) is 12.1 Å². The Balaban J connectivity index is 1.92. The summed E-state index contributed by atoms with van der Waals surface area (Å²) in [6.07, 6.45) is 7.11. The van der Waals surface area contributed by atoms with Gasteiger partial charge < -0.3 is 10.3 Å². The Bertz CT molecular complexity index is 773. The third kappa shape index (κ3) is 3.00. The van der Waals surface area contributed by atoms with Gasteiger partial charge in [0.2, 0.25) is 5.78 Å². The summed E-state index contributed by atoms with van der Waals surface area (Å²) in [4.78, 5) is 32.2. The fourth-order valence-corrected chi connectivity index (χ4v) is 2.75. The lowest BCUT2D eigenvalue weighted by Gasteiger charge is -2.14. The molecular weight excluding hydrogens is 290 g/mol. The number of nitrogens with one attached hydrogen (secondary N) is 2. The van der Waals surface area contributed by atoms with Gasteiger partial charge in [0.05, 0.1) is 11.3 Å². The van der Waals surface area contributed by atoms with Crippen molar-refractivity contribution in [1.82, 2.24) is 15.3 Å². The molecule has 0 bridgehead atoms. The molecule has 0 saturated heterocycles. The third-order valence-corrected chi connectivity index (χ3v) is 3.87. The molecule has 0 aliphatic heterocycles. The molecule has 118 valence electrons. The predicted molar refractivity (Wildman–Crippen MR) is 88.5 cm³/mol. The number of allylic oxidation sites excluding steroid dienone is 2. The summed E-state index contributed by atoms with van der Waals surface area (Å²) in [7, 11) is 0. The lowest BCUT2D eigenvalue weighted by atomic mass is 9.88. The van der Waals surface area contributed by atoms with Crippen molar-refractivity contribution in [3.63, 3.8) is 0 Å². The van der Waals surface area contributed by atoms with Crippen LogP contribution in [-0.4, -0.2) is 34.1 Å². The molecule has 2 N–H and O–H groups in total. The number of H-pyrrole nitrogens is 1. The van der Waals surface area contributed by atoms with Crippen molar-refractivity contribution in [2.75, 3.05) is 6.54 Å². The van der Waals surface area contributed by atoms with Crippen molar-refractivity contribution < 1.29 is 9.59 Å². The van der Waals surface area contributed by atoms with Gasteiger partial charge in [-0.15, -0.1) is 0 Å². The van der Waals surface area contributed by atoms with E-state index in [1.807, 2.05) is 0 Å². The Morgan fingerprint density at radius 1 is 1.30 bits per heavy atom. The van der Waals surface area contributed by atoms with Crippen molar-refractivity contribution >= 4 is 17.1 Å². The second-order valence-corrected chi connectivity index (χ2v) is 5.92. The van der Waals surface area contributed by atoms with Crippen LogP contribution in [-0.2, 0) is 6.42 Å². The molecule has 0 fully saturated rings. The second kappa shape index (κ2) is 6.30. The van der Waals surface area contributed by atoms with Gasteiger partial charge in [0.15, 0.2) is 5.78 Å². The Morgan fingerprint density at radius 2 is 2.13 bits per heavy atom. The molecule has 5 heteroatoms. The molecule has 1 aliphatic carbocycles. The average Bonchev–Trinajstić information content (AvgIpc) is 2.96. The molecule has 1 aliphatic rings. The SMILES string of the molecule is CC(C)NCCc1c[nH]c2c1C(=O)C(c1cccnc1)=CC2=O. The van der Waals surface area contributed by atoms with Crippen LogP contribution in [0.2, 0.25) is 0 Å². The maximum absolute atomic E-state index is 12.9. The van der Waals surface area contributed by atoms with Crippen LogP contribution < -0.4 is 5.32 Å². The van der Waals surface area contributed by atoms with E-state index >= 15 is 0 Å². The number of Topliss-reactive ketones (excluding diaryl/α,β-unsaturated/α-hetero) is 1. The number of carbonyl (C=O) groups is 2. The highest BCUT2D eigenvalue weighted by Crippen LogP contribution is 2.29. The lowest BCUT2D eigenvalue weighted by molar-refractivity contribution is 0.0998. The van der Waals surface area contributed by atoms with Gasteiger partial charge in [-0.05, 0) is 30.7 Å². The number of pyridine rings is 1. The zero-order valence-corrected chi connectivity index (χ0v) is 13.2. The Hall–Kier alpha value is -2.53. The van der Waals surface area contributed by atoms with E-state index in [1.54, 1.807) is 30.7 Å². The van der Waals surface area contributed by atoms with Gasteiger partial charge in [0, 0.05) is 35.8 Å². The van der Waals surface area contributed by atoms with Gasteiger partial charge in [-0.3, -0.25) is 14.6 Å². The molecule has 0 radical (unpaired) electrons. The molecule has 2 aromatic heterocycles. The fraction of sp³-hybridized carbons (Fsp3) is 0.278. The van der Waals surface area contributed by atoms with E-state index in [9.17, 15) is 9.59 Å². The van der Waals surface area contributed by atoms with E-state index in [0.29, 0.717) is 34.9 Å². The van der Waals surface area contributed by atoms with Crippen molar-refractivity contribution in [3.8, 4) is 0 Å². The van der Waals surface area contributed by atoms with Crippen LogP contribution in [0.15, 0.2) is 36.8 Å². The quantitative estimate of drug-likeness (QED) is 0.889. The summed E-state index contributed by atoms with van der Waals surface area (Å²) in [6.45, 7) is 4.91. The predicted octanol–water partition coefficient (Wildman–Crippen LogP) is 2.41. The van der Waals surface area contributed by atoms with Crippen LogP contribution in [0.25, 0.3) is 5.57 Å². The fourth-order valence-electron chi connectivity index (χ4n) is 2.75. The molecule has 2 aromatic rings. The zero-order valence-electron chi connectivity index (χ0n) is 13.2. The van der Waals surface area contributed by atoms with Crippen molar-refractivity contribution in [2.24, 2.45) is 0 Å². The number of rotatable bonds is 5. The number of hydrogen-bond acceptors (Lipinski definition) is 4. The van der Waals surface area contributed by atoms with Crippen molar-refractivity contribution in [2.45, 2.75) is 26.3 Å². The first-order chi connectivity index (χ1) is 11.1. The lowest BCUT2D eigenvalue weighted by Crippen LogP contribution is -2.25. The maximum Gasteiger partial charge on any atom is 0.203 e. The standard InChI is InChI=1S/C18H19N3O2/c1-11(2)20-7-5-13-10-21-17-15(22)8-14(18(23)16(13)17)12-4-3-6-19-9-12/h3-4,6,8-11,20-21H,5,7H2,1-2H3. The van der Waals surface area contributed by atoms with Crippen LogP contribution in [0.1, 0.15) is 45.8 Å². The van der Waals surface area contributed by atoms with E-state index in [-0.39, 0.29) is 11.6 Å². The van der Waals surface area contributed by atoms with Crippen molar-refractivity contribution in [3.05, 3.63) is 59.2 Å². The average molecular weight is 309 g/mol. The van der Waals surface area contributed by atoms with E-state index < -0.39 is 0 Å². The first-order valence-electron chi connectivity index (χ1n) is 7.72. The minimum absolute atomic E-state index is 0.117. The number of ketones is 2. The highest BCUT2D eigenvalue weighted by Gasteiger charge is 2.30. The summed E-state index contributed by atoms with van der Waals surface area (Å²) in [5, 5.41) is 3.32. The highest BCUT2D eigenvalue weighted by atomic mass is 16.1. The number of aromatic nitrogens is 2. The molecule has 2 heterocycles. The number of fused-ring (bicyclic) bond motifs is 1. The number of hydrogen-bond donors (Lipinski definition) is 2. The minimum Gasteiger partial charge on any atom is -0.358 e. The first kappa shape index (κ1) is 15.4. The number of aromatic amines is 1. The third-order valence-electron chi connectivity index (χ3n) is 3.87. The van der Waals surface area contributed by atoms with Crippen LogP contribution >= 0.6 is 0 Å². The largest absolute Gasteiger partial charge is 0.358 e. The van der Waals surface area contributed by atoms with Gasteiger partial charge in [0.1, 0.15) is 0 Å². The molecule has 0 spiro atoms. The molecular formula is C18H19N3O2. The van der Waals surface area contributed by atoms with Gasteiger partial charge in [-0.25, -0.2) is 0 Å². The van der Waals surface area contributed by atoms with Gasteiger partial charge in [0.25, 0.3) is 0 Å². The van der Waals surface area contributed by atoms with Crippen LogP contribution in [0.3, 0.4) is 0 Å². The van der Waals surface area contributed by atoms with Gasteiger partial charge >= 0.3 is 0 Å². The van der Waals surface area contributed by atoms with Crippen molar-refractivity contribution in [1.29, 1.82) is 0 Å². The van der Waals surface area contributed by atoms with Crippen LogP contribution in [0.5, 0.6) is 0 Å². The van der Waals surface area contributed by atoms with E-state index in [4.69, 9.17) is 0 Å². The molecule has 0 aromatic carbocycles. The van der Waals surface area contributed by atoms with Crippen LogP contribution in [0.4, 0.5) is 0 Å². The topological polar surface area (TPSA) is 74.8 Å². The maximum atomic E-state index is 12.9.